The van der Waals surface area contributed by atoms with Gasteiger partial charge in [-0.2, -0.15) is 0 Å². The summed E-state index contributed by atoms with van der Waals surface area (Å²) in [6.07, 6.45) is 1.70. The van der Waals surface area contributed by atoms with Crippen LogP contribution in [0.4, 0.5) is 11.4 Å². The zero-order valence-corrected chi connectivity index (χ0v) is 19.4. The van der Waals surface area contributed by atoms with Crippen molar-refractivity contribution in [3.63, 3.8) is 0 Å². The Morgan fingerprint density at radius 3 is 1.28 bits per heavy atom. The Kier molecular flexibility index (Phi) is 7.45. The van der Waals surface area contributed by atoms with Crippen LogP contribution < -0.4 is 0 Å². The first-order valence-corrected chi connectivity index (χ1v) is 15.9. The lowest BCUT2D eigenvalue weighted by atomic mass is 10.1. The number of nitrogens with zero attached hydrogens (tertiary/aromatic N) is 2. The van der Waals surface area contributed by atoms with Crippen LogP contribution in [0.25, 0.3) is 0 Å². The van der Waals surface area contributed by atoms with Gasteiger partial charge >= 0.3 is 0 Å². The second kappa shape index (κ2) is 9.42. The Labute approximate surface area is 173 Å². The van der Waals surface area contributed by atoms with Crippen molar-refractivity contribution in [2.75, 3.05) is 0 Å². The Morgan fingerprint density at radius 2 is 1.00 bits per heavy atom. The SMILES string of the molecule is C[Si](C)(CCc1ccc([N+](=O)[O-])cc1)O[Si](C)(C)CCc1ccc([N+](=O)[O-])cc1. The molecule has 9 heteroatoms. The second-order valence-corrected chi connectivity index (χ2v) is 17.3. The van der Waals surface area contributed by atoms with E-state index >= 15 is 0 Å². The highest BCUT2D eigenvalue weighted by molar-refractivity contribution is 6.84. The molecule has 0 unspecified atom stereocenters. The fourth-order valence-corrected chi connectivity index (χ4v) is 11.9. The maximum Gasteiger partial charge on any atom is 0.269 e. The molecule has 0 radical (unpaired) electrons. The molecule has 2 aromatic carbocycles. The van der Waals surface area contributed by atoms with Crippen LogP contribution in [0.15, 0.2) is 48.5 Å². The van der Waals surface area contributed by atoms with Gasteiger partial charge in [0, 0.05) is 24.3 Å². The molecule has 0 saturated heterocycles. The van der Waals surface area contributed by atoms with Crippen LogP contribution in [0, 0.1) is 20.2 Å². The van der Waals surface area contributed by atoms with Crippen molar-refractivity contribution in [2.45, 2.75) is 51.1 Å². The van der Waals surface area contributed by atoms with E-state index in [-0.39, 0.29) is 21.2 Å². The third-order valence-corrected chi connectivity index (χ3v) is 12.2. The van der Waals surface area contributed by atoms with Gasteiger partial charge < -0.3 is 4.12 Å². The molecule has 29 heavy (non-hydrogen) atoms. The Hall–Kier alpha value is -2.37. The van der Waals surface area contributed by atoms with E-state index in [9.17, 15) is 20.2 Å². The molecule has 0 N–H and O–H groups in total. The average Bonchev–Trinajstić information content (AvgIpc) is 2.65. The van der Waals surface area contributed by atoms with E-state index in [0.717, 1.165) is 36.1 Å². The third-order valence-electron chi connectivity index (χ3n) is 4.88. The summed E-state index contributed by atoms with van der Waals surface area (Å²) in [6, 6.07) is 15.4. The molecule has 0 amide bonds. The van der Waals surface area contributed by atoms with Crippen molar-refractivity contribution in [2.24, 2.45) is 0 Å². The van der Waals surface area contributed by atoms with Crippen molar-refractivity contribution < 1.29 is 14.0 Å². The van der Waals surface area contributed by atoms with E-state index < -0.39 is 16.6 Å². The van der Waals surface area contributed by atoms with Crippen molar-refractivity contribution >= 4 is 28.0 Å². The van der Waals surface area contributed by atoms with E-state index in [1.807, 2.05) is 24.3 Å². The van der Waals surface area contributed by atoms with Gasteiger partial charge in [0.1, 0.15) is 0 Å². The molecule has 2 aromatic rings. The minimum Gasteiger partial charge on any atom is -0.455 e. The van der Waals surface area contributed by atoms with Crippen LogP contribution >= 0.6 is 0 Å². The molecule has 0 saturated carbocycles. The van der Waals surface area contributed by atoms with Crippen molar-refractivity contribution in [3.05, 3.63) is 79.9 Å². The molecule has 0 aliphatic rings. The monoisotopic (exact) mass is 432 g/mol. The first-order valence-electron chi connectivity index (χ1n) is 9.64. The summed E-state index contributed by atoms with van der Waals surface area (Å²) in [5, 5.41) is 21.5. The summed E-state index contributed by atoms with van der Waals surface area (Å²) in [7, 11) is -3.76. The molecule has 0 bridgehead atoms. The van der Waals surface area contributed by atoms with E-state index in [4.69, 9.17) is 4.12 Å². The van der Waals surface area contributed by atoms with E-state index in [0.29, 0.717) is 0 Å². The summed E-state index contributed by atoms with van der Waals surface area (Å²) < 4.78 is 6.65. The Balaban J connectivity index is 1.87. The van der Waals surface area contributed by atoms with E-state index in [1.54, 1.807) is 24.3 Å². The van der Waals surface area contributed by atoms with Gasteiger partial charge in [0.15, 0.2) is 16.6 Å². The minimum absolute atomic E-state index is 0.112. The summed E-state index contributed by atoms with van der Waals surface area (Å²) in [4.78, 5) is 20.8. The number of benzene rings is 2. The fourth-order valence-electron chi connectivity index (χ4n) is 3.31. The lowest BCUT2D eigenvalue weighted by molar-refractivity contribution is -0.385. The van der Waals surface area contributed by atoms with Crippen molar-refractivity contribution in [3.8, 4) is 0 Å². The Bertz CT molecular complexity index is 781. The topological polar surface area (TPSA) is 95.5 Å². The highest BCUT2D eigenvalue weighted by atomic mass is 28.4. The smallest absolute Gasteiger partial charge is 0.269 e. The maximum absolute atomic E-state index is 10.8. The van der Waals surface area contributed by atoms with Crippen molar-refractivity contribution in [1.82, 2.24) is 0 Å². The van der Waals surface area contributed by atoms with Crippen LogP contribution in [0.5, 0.6) is 0 Å². The van der Waals surface area contributed by atoms with Crippen molar-refractivity contribution in [1.29, 1.82) is 0 Å². The fraction of sp³-hybridized carbons (Fsp3) is 0.400. The highest BCUT2D eigenvalue weighted by Gasteiger charge is 2.32. The van der Waals surface area contributed by atoms with Crippen LogP contribution in [-0.4, -0.2) is 26.5 Å². The summed E-state index contributed by atoms with van der Waals surface area (Å²) >= 11 is 0. The van der Waals surface area contributed by atoms with E-state index in [1.165, 1.54) is 0 Å². The number of nitro benzene ring substituents is 2. The first kappa shape index (κ1) is 22.9. The normalized spacial score (nSPS) is 12.0. The molecule has 7 nitrogen and oxygen atoms in total. The first-order chi connectivity index (χ1) is 13.5. The average molecular weight is 433 g/mol. The zero-order valence-electron chi connectivity index (χ0n) is 17.4. The summed E-state index contributed by atoms with van der Waals surface area (Å²) in [6.45, 7) is 8.88. The maximum atomic E-state index is 10.8. The number of rotatable bonds is 10. The van der Waals surface area contributed by atoms with Crippen LogP contribution in [-0.2, 0) is 17.0 Å². The number of hydrogen-bond acceptors (Lipinski definition) is 5. The molecule has 0 aliphatic heterocycles. The van der Waals surface area contributed by atoms with Gasteiger partial charge in [-0.15, -0.1) is 0 Å². The lowest BCUT2D eigenvalue weighted by Gasteiger charge is -2.34. The summed E-state index contributed by atoms with van der Waals surface area (Å²) in [5.74, 6) is 0. The largest absolute Gasteiger partial charge is 0.455 e. The van der Waals surface area contributed by atoms with Gasteiger partial charge in [0.25, 0.3) is 11.4 Å². The predicted molar refractivity (Wildman–Crippen MR) is 119 cm³/mol. The van der Waals surface area contributed by atoms with E-state index in [2.05, 4.69) is 26.2 Å². The molecule has 156 valence electrons. The molecular formula is C20H28N2O5Si2. The highest BCUT2D eigenvalue weighted by Crippen LogP contribution is 2.25. The molecule has 0 heterocycles. The zero-order chi connectivity index (χ0) is 21.7. The minimum atomic E-state index is -1.88. The number of aryl methyl sites for hydroxylation is 2. The third kappa shape index (κ3) is 7.52. The van der Waals surface area contributed by atoms with Crippen LogP contribution in [0.1, 0.15) is 11.1 Å². The van der Waals surface area contributed by atoms with Crippen LogP contribution in [0.2, 0.25) is 38.3 Å². The lowest BCUT2D eigenvalue weighted by Crippen LogP contribution is -2.44. The molecule has 0 spiro atoms. The van der Waals surface area contributed by atoms with Gasteiger partial charge in [0.2, 0.25) is 0 Å². The van der Waals surface area contributed by atoms with Gasteiger partial charge in [-0.1, -0.05) is 24.3 Å². The van der Waals surface area contributed by atoms with Gasteiger partial charge in [0.05, 0.1) is 9.85 Å². The standard InChI is InChI=1S/C20H28N2O5Si2/c1-28(2,15-13-17-5-9-19(10-6-17)21(23)24)27-29(3,4)16-14-18-7-11-20(12-8-18)22(25)26/h5-12H,13-16H2,1-4H3. The number of non-ortho nitro benzene ring substituents is 2. The second-order valence-electron chi connectivity index (χ2n) is 8.47. The predicted octanol–water partition coefficient (Wildman–Crippen LogP) is 5.72. The van der Waals surface area contributed by atoms with Gasteiger partial charge in [-0.3, -0.25) is 20.2 Å². The van der Waals surface area contributed by atoms with Gasteiger partial charge in [-0.05, 0) is 62.2 Å². The molecule has 0 fully saturated rings. The van der Waals surface area contributed by atoms with Gasteiger partial charge in [-0.25, -0.2) is 0 Å². The Morgan fingerprint density at radius 1 is 0.690 bits per heavy atom. The number of hydrogen-bond donors (Lipinski definition) is 0. The molecule has 0 aromatic heterocycles. The molecular weight excluding hydrogens is 404 g/mol. The molecule has 2 rings (SSSR count). The molecule has 0 atom stereocenters. The summed E-state index contributed by atoms with van der Waals surface area (Å²) in [5.41, 5.74) is 2.40. The quantitative estimate of drug-likeness (QED) is 0.272. The number of nitro groups is 2. The molecule has 0 aliphatic carbocycles. The van der Waals surface area contributed by atoms with Crippen LogP contribution in [0.3, 0.4) is 0 Å².